The van der Waals surface area contributed by atoms with Crippen LogP contribution in [0.1, 0.15) is 55.8 Å². The minimum Gasteiger partial charge on any atom is -0.459 e. The third-order valence-electron chi connectivity index (χ3n) is 9.25. The van der Waals surface area contributed by atoms with Gasteiger partial charge in [-0.3, -0.25) is 9.59 Å². The summed E-state index contributed by atoms with van der Waals surface area (Å²) in [5.41, 5.74) is -2.67. The van der Waals surface area contributed by atoms with Gasteiger partial charge in [0, 0.05) is 93.2 Å². The van der Waals surface area contributed by atoms with Crippen LogP contribution < -0.4 is 0 Å². The molecule has 33 heavy (non-hydrogen) atoms. The number of carbonyl (C=O) groups is 2. The van der Waals surface area contributed by atoms with Gasteiger partial charge in [0.15, 0.2) is 5.78 Å². The summed E-state index contributed by atoms with van der Waals surface area (Å²) in [5, 5.41) is 24.2. The molecule has 0 spiro atoms. The molecular weight excluding hydrogens is 659 g/mol. The molecule has 1 aliphatic heterocycles. The number of hydrogen-bond donors (Lipinski definition) is 2. The predicted octanol–water partition coefficient (Wildman–Crippen LogP) is 2.68. The number of ether oxygens (including phenoxy) is 2. The van der Waals surface area contributed by atoms with Crippen LogP contribution in [0.3, 0.4) is 0 Å². The van der Waals surface area contributed by atoms with Crippen molar-refractivity contribution in [3.8, 4) is 0 Å². The summed E-state index contributed by atoms with van der Waals surface area (Å²) in [6, 6.07) is 0. The van der Waals surface area contributed by atoms with Crippen molar-refractivity contribution in [1.29, 1.82) is 0 Å². The van der Waals surface area contributed by atoms with Crippen molar-refractivity contribution < 1.29 is 78.9 Å². The van der Waals surface area contributed by atoms with Crippen LogP contribution in [0, 0.1) is 72.6 Å². The van der Waals surface area contributed by atoms with Crippen molar-refractivity contribution in [3.05, 3.63) is 11.1 Å². The number of esters is 1. The van der Waals surface area contributed by atoms with Gasteiger partial charge >= 0.3 is 5.97 Å². The fraction of sp³-hybridized carbons (Fsp3) is 0.833. The van der Waals surface area contributed by atoms with E-state index in [0.29, 0.717) is 24.2 Å². The molecule has 0 aromatic carbocycles. The van der Waals surface area contributed by atoms with E-state index in [9.17, 15) is 19.8 Å². The Morgan fingerprint density at radius 3 is 2.55 bits per heavy atom. The summed E-state index contributed by atoms with van der Waals surface area (Å²) in [4.78, 5) is 26.4. The Bertz CT molecular complexity index is 881. The average Bonchev–Trinajstić information content (AvgIpc) is 2.72. The van der Waals surface area contributed by atoms with Crippen LogP contribution in [-0.4, -0.2) is 64.8 Å². The smallest absolute Gasteiger partial charge is 0.303 e. The first kappa shape index (κ1) is 26.6. The average molecular weight is 698 g/mol. The van der Waals surface area contributed by atoms with E-state index in [-0.39, 0.29) is 74.7 Å². The third kappa shape index (κ3) is 3.86. The fourth-order valence-electron chi connectivity index (χ4n) is 7.11. The Hall–Kier alpha value is 0.512. The van der Waals surface area contributed by atoms with Gasteiger partial charge in [0.1, 0.15) is 17.8 Å². The van der Waals surface area contributed by atoms with Gasteiger partial charge in [0.25, 0.3) is 0 Å². The predicted molar refractivity (Wildman–Crippen MR) is 120 cm³/mol. The van der Waals surface area contributed by atoms with Gasteiger partial charge < -0.3 is 23.9 Å². The fourth-order valence-corrected chi connectivity index (χ4v) is 7.48. The molecule has 1 radical (unpaired) electrons. The first-order valence-electron chi connectivity index (χ1n) is 12.0. The van der Waals surface area contributed by atoms with Gasteiger partial charge in [-0.2, -0.15) is 0 Å². The molecule has 7 nitrogen and oxygen atoms in total. The Kier molecular flexibility index (Phi) is 7.59. The maximum atomic E-state index is 14.0. The van der Waals surface area contributed by atoms with Crippen LogP contribution in [-0.2, 0) is 23.2 Å². The molecular formula is C24H36AcO7S. The van der Waals surface area contributed by atoms with Crippen LogP contribution >= 0.6 is 12.0 Å². The quantitative estimate of drug-likeness (QED) is 0.343. The second-order valence-electron chi connectivity index (χ2n) is 10.9. The molecule has 9 heteroatoms. The summed E-state index contributed by atoms with van der Waals surface area (Å²) >= 11 is 0.939. The Morgan fingerprint density at radius 1 is 1.33 bits per heavy atom. The second-order valence-corrected chi connectivity index (χ2v) is 11.3. The van der Waals surface area contributed by atoms with Crippen molar-refractivity contribution in [2.24, 2.45) is 28.6 Å². The molecule has 183 valence electrons. The molecule has 2 bridgehead atoms. The van der Waals surface area contributed by atoms with Gasteiger partial charge in [-0.15, -0.1) is 0 Å². The summed E-state index contributed by atoms with van der Waals surface area (Å²) in [5.74, 6) is -1.54. The SMILES string of the molecule is [3H]CSO[C@H]1C[C@@]2(O)[C@@H](OC(C)=O)C3[C@@H]4CO[C@@H]4C[C@H](C)[C@@]3(C)[C@H](O)C(=O)C(=C1C)C2(C)C.[Ac]. The van der Waals surface area contributed by atoms with Crippen molar-refractivity contribution in [3.63, 3.8) is 0 Å². The van der Waals surface area contributed by atoms with Gasteiger partial charge in [-0.1, -0.05) is 27.7 Å². The zero-order valence-corrected chi connectivity index (χ0v) is 25.9. The molecule has 0 aromatic heterocycles. The van der Waals surface area contributed by atoms with E-state index in [0.717, 1.165) is 12.0 Å². The van der Waals surface area contributed by atoms with Crippen LogP contribution in [0.5, 0.6) is 0 Å². The molecule has 2 N–H and O–H groups in total. The van der Waals surface area contributed by atoms with E-state index in [1.54, 1.807) is 20.8 Å². The summed E-state index contributed by atoms with van der Waals surface area (Å²) in [6.45, 7) is 11.0. The largest absolute Gasteiger partial charge is 0.459 e. The van der Waals surface area contributed by atoms with Crippen LogP contribution in [0.25, 0.3) is 0 Å². The summed E-state index contributed by atoms with van der Waals surface area (Å²) < 4.78 is 25.1. The first-order valence-corrected chi connectivity index (χ1v) is 12.3. The number of aliphatic hydroxyl groups excluding tert-OH is 1. The Labute approximate surface area is 237 Å². The second kappa shape index (κ2) is 9.43. The zero-order valence-electron chi connectivity index (χ0n) is 21.3. The molecule has 3 aliphatic carbocycles. The van der Waals surface area contributed by atoms with E-state index in [1.807, 2.05) is 13.8 Å². The minimum atomic E-state index is -1.63. The monoisotopic (exact) mass is 697 g/mol. The maximum Gasteiger partial charge on any atom is 0.303 e. The van der Waals surface area contributed by atoms with Crippen LogP contribution in [0.15, 0.2) is 11.1 Å². The summed E-state index contributed by atoms with van der Waals surface area (Å²) in [6.07, 6.45) is -2.23. The van der Waals surface area contributed by atoms with Gasteiger partial charge in [-0.25, -0.2) is 0 Å². The molecule has 1 heterocycles. The molecule has 2 saturated carbocycles. The number of carbonyl (C=O) groups excluding carboxylic acids is 2. The van der Waals surface area contributed by atoms with Gasteiger partial charge in [0.05, 0.1) is 18.8 Å². The molecule has 4 rings (SSSR count). The standard InChI is InChI=1S/C24H36O7S.Ac/c1-11-8-15-14(10-29-15)18-21(30-13(3)25)24(28)9-16(31-32-7)12(2)17(22(24,4)5)19(26)20(27)23(11,18)6;/h11,14-16,18,20-21,27-28H,8-10H2,1-7H3;/t11-,14+,15+,16-,18?,20+,21-,23+,24+;/m0./s1/i7T;. The van der Waals surface area contributed by atoms with E-state index in [4.69, 9.17) is 15.0 Å². The van der Waals surface area contributed by atoms with E-state index in [2.05, 4.69) is 0 Å². The Balaban J connectivity index is 0.00000324. The number of Topliss-reactive ketones (excluding diaryl/α,β-unsaturated/α-hetero) is 1. The van der Waals surface area contributed by atoms with Crippen molar-refractivity contribution in [2.45, 2.75) is 84.4 Å². The zero-order chi connectivity index (χ0) is 24.5. The molecule has 3 fully saturated rings. The molecule has 1 unspecified atom stereocenters. The van der Waals surface area contributed by atoms with Crippen molar-refractivity contribution in [2.75, 3.05) is 12.8 Å². The molecule has 9 atom stereocenters. The molecule has 0 aromatic rings. The minimum absolute atomic E-state index is 0. The van der Waals surface area contributed by atoms with Gasteiger partial charge in [-0.05, 0) is 36.9 Å². The molecule has 0 amide bonds. The topological polar surface area (TPSA) is 102 Å². The van der Waals surface area contributed by atoms with Crippen LogP contribution in [0.4, 0.5) is 0 Å². The number of fused-ring (bicyclic) bond motifs is 5. The van der Waals surface area contributed by atoms with Crippen LogP contribution in [0.2, 0.25) is 0 Å². The third-order valence-corrected chi connectivity index (χ3v) is 9.61. The number of rotatable bonds is 3. The summed E-state index contributed by atoms with van der Waals surface area (Å²) in [7, 11) is 0. The number of ketones is 1. The van der Waals surface area contributed by atoms with E-state index >= 15 is 0 Å². The number of aliphatic hydroxyl groups is 2. The first-order chi connectivity index (χ1) is 15.3. The molecule has 1 saturated heterocycles. The van der Waals surface area contributed by atoms with E-state index in [1.165, 1.54) is 6.92 Å². The van der Waals surface area contributed by atoms with Gasteiger partial charge in [0.2, 0.25) is 0 Å². The van der Waals surface area contributed by atoms with Crippen molar-refractivity contribution in [1.82, 2.24) is 0 Å². The van der Waals surface area contributed by atoms with Crippen molar-refractivity contribution >= 4 is 23.8 Å². The Morgan fingerprint density at radius 2 is 2.00 bits per heavy atom. The maximum absolute atomic E-state index is 14.0. The normalized spacial score (nSPS) is 46.5. The van der Waals surface area contributed by atoms with E-state index < -0.39 is 52.4 Å². The number of hydrogen-bond acceptors (Lipinski definition) is 8. The molecule has 4 aliphatic rings.